The van der Waals surface area contributed by atoms with Crippen molar-refractivity contribution in [2.24, 2.45) is 0 Å². The van der Waals surface area contributed by atoms with Crippen molar-refractivity contribution in [1.82, 2.24) is 15.3 Å². The quantitative estimate of drug-likeness (QED) is 0.880. The Morgan fingerprint density at radius 3 is 2.82 bits per heavy atom. The maximum absolute atomic E-state index is 11.9. The third-order valence-corrected chi connectivity index (χ3v) is 4.58. The van der Waals surface area contributed by atoms with Gasteiger partial charge in [-0.1, -0.05) is 0 Å². The largest absolute Gasteiger partial charge is 0.375 e. The number of aromatic nitrogens is 2. The van der Waals surface area contributed by atoms with Crippen molar-refractivity contribution in [1.29, 1.82) is 0 Å². The lowest BCUT2D eigenvalue weighted by Crippen LogP contribution is -2.52. The number of nitrogens with one attached hydrogen (secondary N) is 2. The molecular formula is C16H26N4O2. The Balaban J connectivity index is 1.61. The van der Waals surface area contributed by atoms with Crippen LogP contribution in [0.15, 0.2) is 17.2 Å². The van der Waals surface area contributed by atoms with Gasteiger partial charge in [0.25, 0.3) is 5.56 Å². The number of hydrogen-bond donors (Lipinski definition) is 2. The van der Waals surface area contributed by atoms with Crippen molar-refractivity contribution in [3.63, 3.8) is 0 Å². The lowest BCUT2D eigenvalue weighted by Gasteiger charge is -2.39. The number of H-pyrrole nitrogens is 1. The zero-order valence-electron chi connectivity index (χ0n) is 13.4. The molecule has 22 heavy (non-hydrogen) atoms. The van der Waals surface area contributed by atoms with Crippen LogP contribution in [0.3, 0.4) is 0 Å². The highest BCUT2D eigenvalue weighted by Gasteiger charge is 2.29. The molecule has 0 aliphatic carbocycles. The first-order valence-electron chi connectivity index (χ1n) is 8.32. The van der Waals surface area contributed by atoms with Crippen LogP contribution in [0.25, 0.3) is 0 Å². The Morgan fingerprint density at radius 2 is 2.09 bits per heavy atom. The number of rotatable bonds is 3. The van der Waals surface area contributed by atoms with Gasteiger partial charge in [-0.05, 0) is 39.5 Å². The smallest absolute Gasteiger partial charge is 0.290 e. The number of ether oxygens (including phenoxy) is 1. The summed E-state index contributed by atoms with van der Waals surface area (Å²) in [6, 6.07) is 0.920. The first-order chi connectivity index (χ1) is 10.6. The molecule has 0 bridgehead atoms. The highest BCUT2D eigenvalue weighted by Crippen LogP contribution is 2.21. The standard InChI is InChI=1S/C16H26N4O2/c1-11-8-14(9-12(2)22-11)19-13-4-3-7-20(10-13)15-16(21)18-6-5-17-15/h5-6,11-14,19H,3-4,7-10H2,1-2H3,(H,18,21)/t11-,12+,13-,14?/m1/s1. The van der Waals surface area contributed by atoms with Crippen LogP contribution in [-0.2, 0) is 4.74 Å². The van der Waals surface area contributed by atoms with Gasteiger partial charge in [0.2, 0.25) is 0 Å². The molecule has 6 heteroatoms. The zero-order chi connectivity index (χ0) is 15.5. The van der Waals surface area contributed by atoms with Crippen molar-refractivity contribution in [2.75, 3.05) is 18.0 Å². The number of aromatic amines is 1. The molecule has 0 amide bonds. The monoisotopic (exact) mass is 306 g/mol. The molecule has 2 aliphatic rings. The molecule has 1 unspecified atom stereocenters. The van der Waals surface area contributed by atoms with Crippen molar-refractivity contribution in [3.8, 4) is 0 Å². The SMILES string of the molecule is C[C@@H]1CC(N[C@@H]2CCCN(c3ncc[nH]c3=O)C2)C[C@H](C)O1. The summed E-state index contributed by atoms with van der Waals surface area (Å²) in [5, 5.41) is 3.78. The minimum atomic E-state index is -0.100. The first kappa shape index (κ1) is 15.5. The fraction of sp³-hybridized carbons (Fsp3) is 0.750. The van der Waals surface area contributed by atoms with Gasteiger partial charge in [0.1, 0.15) is 0 Å². The molecule has 0 saturated carbocycles. The van der Waals surface area contributed by atoms with E-state index in [9.17, 15) is 4.79 Å². The first-order valence-corrected chi connectivity index (χ1v) is 8.32. The van der Waals surface area contributed by atoms with Crippen LogP contribution in [0, 0.1) is 0 Å². The van der Waals surface area contributed by atoms with Gasteiger partial charge in [0.05, 0.1) is 12.2 Å². The van der Waals surface area contributed by atoms with Crippen molar-refractivity contribution in [3.05, 3.63) is 22.7 Å². The van der Waals surface area contributed by atoms with Gasteiger partial charge in [0.15, 0.2) is 5.82 Å². The third-order valence-electron chi connectivity index (χ3n) is 4.58. The second-order valence-electron chi connectivity index (χ2n) is 6.62. The van der Waals surface area contributed by atoms with E-state index in [1.807, 2.05) is 0 Å². The van der Waals surface area contributed by atoms with Crippen molar-refractivity contribution in [2.45, 2.75) is 63.8 Å². The van der Waals surface area contributed by atoms with Gasteiger partial charge in [-0.25, -0.2) is 4.98 Å². The number of piperidine rings is 1. The van der Waals surface area contributed by atoms with Gasteiger partial charge in [-0.3, -0.25) is 4.79 Å². The Morgan fingerprint density at radius 1 is 1.32 bits per heavy atom. The fourth-order valence-corrected chi connectivity index (χ4v) is 3.75. The van der Waals surface area contributed by atoms with E-state index in [2.05, 4.69) is 34.0 Å². The predicted molar refractivity (Wildman–Crippen MR) is 86.3 cm³/mol. The molecule has 0 radical (unpaired) electrons. The summed E-state index contributed by atoms with van der Waals surface area (Å²) in [6.45, 7) is 6.04. The molecule has 1 aromatic heterocycles. The molecular weight excluding hydrogens is 280 g/mol. The zero-order valence-corrected chi connectivity index (χ0v) is 13.4. The third kappa shape index (κ3) is 3.67. The molecule has 2 aliphatic heterocycles. The summed E-state index contributed by atoms with van der Waals surface area (Å²) in [7, 11) is 0. The lowest BCUT2D eigenvalue weighted by atomic mass is 9.97. The van der Waals surface area contributed by atoms with E-state index in [4.69, 9.17) is 4.74 Å². The van der Waals surface area contributed by atoms with Crippen LogP contribution in [0.5, 0.6) is 0 Å². The Labute approximate surface area is 131 Å². The van der Waals surface area contributed by atoms with Crippen molar-refractivity contribution >= 4 is 5.82 Å². The summed E-state index contributed by atoms with van der Waals surface area (Å²) >= 11 is 0. The Kier molecular flexibility index (Phi) is 4.78. The van der Waals surface area contributed by atoms with E-state index in [0.717, 1.165) is 38.8 Å². The summed E-state index contributed by atoms with van der Waals surface area (Å²) in [4.78, 5) is 21.0. The van der Waals surface area contributed by atoms with Gasteiger partial charge >= 0.3 is 0 Å². The second-order valence-corrected chi connectivity index (χ2v) is 6.62. The molecule has 2 N–H and O–H groups in total. The maximum Gasteiger partial charge on any atom is 0.290 e. The number of anilines is 1. The molecule has 4 atom stereocenters. The second kappa shape index (κ2) is 6.79. The summed E-state index contributed by atoms with van der Waals surface area (Å²) in [6.07, 6.45) is 8.23. The Bertz CT molecular complexity index is 537. The molecule has 2 fully saturated rings. The number of hydrogen-bond acceptors (Lipinski definition) is 5. The topological polar surface area (TPSA) is 70.2 Å². The van der Waals surface area contributed by atoms with E-state index in [0.29, 0.717) is 30.1 Å². The average molecular weight is 306 g/mol. The summed E-state index contributed by atoms with van der Waals surface area (Å²) in [5.41, 5.74) is -0.100. The van der Waals surface area contributed by atoms with E-state index in [-0.39, 0.29) is 5.56 Å². The van der Waals surface area contributed by atoms with Crippen LogP contribution in [0.2, 0.25) is 0 Å². The highest BCUT2D eigenvalue weighted by molar-refractivity contribution is 5.36. The molecule has 0 aromatic carbocycles. The number of nitrogens with zero attached hydrogens (tertiary/aromatic N) is 2. The van der Waals surface area contributed by atoms with E-state index < -0.39 is 0 Å². The van der Waals surface area contributed by atoms with E-state index in [1.54, 1.807) is 12.4 Å². The predicted octanol–water partition coefficient (Wildman–Crippen LogP) is 1.28. The molecule has 6 nitrogen and oxygen atoms in total. The van der Waals surface area contributed by atoms with Crippen molar-refractivity contribution < 1.29 is 4.74 Å². The molecule has 2 saturated heterocycles. The highest BCUT2D eigenvalue weighted by atomic mass is 16.5. The summed E-state index contributed by atoms with van der Waals surface area (Å²) < 4.78 is 5.81. The molecule has 3 heterocycles. The van der Waals surface area contributed by atoms with Gasteiger partial charge in [0, 0.05) is 37.6 Å². The van der Waals surface area contributed by atoms with E-state index >= 15 is 0 Å². The van der Waals surface area contributed by atoms with Crippen LogP contribution in [0.4, 0.5) is 5.82 Å². The normalized spacial score (nSPS) is 32.9. The fourth-order valence-electron chi connectivity index (χ4n) is 3.75. The lowest BCUT2D eigenvalue weighted by molar-refractivity contribution is -0.0437. The van der Waals surface area contributed by atoms with Crippen LogP contribution < -0.4 is 15.8 Å². The summed E-state index contributed by atoms with van der Waals surface area (Å²) in [5.74, 6) is 0.544. The van der Waals surface area contributed by atoms with Gasteiger partial charge < -0.3 is 19.9 Å². The minimum absolute atomic E-state index is 0.100. The van der Waals surface area contributed by atoms with Crippen LogP contribution in [0.1, 0.15) is 39.5 Å². The molecule has 1 aromatic rings. The average Bonchev–Trinajstić information content (AvgIpc) is 2.47. The maximum atomic E-state index is 11.9. The Hall–Kier alpha value is -1.40. The molecule has 0 spiro atoms. The van der Waals surface area contributed by atoms with Crippen LogP contribution in [-0.4, -0.2) is 47.3 Å². The minimum Gasteiger partial charge on any atom is -0.375 e. The van der Waals surface area contributed by atoms with Gasteiger partial charge in [-0.15, -0.1) is 0 Å². The van der Waals surface area contributed by atoms with E-state index in [1.165, 1.54) is 0 Å². The molecule has 122 valence electrons. The molecule has 3 rings (SSSR count). The van der Waals surface area contributed by atoms with Gasteiger partial charge in [-0.2, -0.15) is 0 Å². The van der Waals surface area contributed by atoms with Crippen LogP contribution >= 0.6 is 0 Å².